The van der Waals surface area contributed by atoms with E-state index < -0.39 is 29.6 Å². The lowest BCUT2D eigenvalue weighted by atomic mass is 10.1. The zero-order valence-corrected chi connectivity index (χ0v) is 15.0. The Morgan fingerprint density at radius 1 is 1.46 bits per heavy atom. The zero-order valence-electron chi connectivity index (χ0n) is 14.2. The van der Waals surface area contributed by atoms with Crippen molar-refractivity contribution in [3.63, 3.8) is 0 Å². The van der Waals surface area contributed by atoms with E-state index >= 15 is 0 Å². The van der Waals surface area contributed by atoms with Crippen LogP contribution >= 0.6 is 11.6 Å². The van der Waals surface area contributed by atoms with Crippen LogP contribution in [0.1, 0.15) is 45.9 Å². The van der Waals surface area contributed by atoms with Crippen LogP contribution in [0.3, 0.4) is 0 Å². The standard InChI is InChI=1S/C17H23ClN2O4/c1-11(15(21)22)6-5-7-13(14-10-12(18)8-9-19-14)20-16(23)24-17(2,3)4/h5,7-11,13H,6H2,1-4H3,(H,20,23)(H,21,22)/b7-5+/t11-,13+/m1/s1. The molecule has 0 spiro atoms. The fourth-order valence-electron chi connectivity index (χ4n) is 1.77. The molecule has 0 radical (unpaired) electrons. The summed E-state index contributed by atoms with van der Waals surface area (Å²) in [7, 11) is 0. The minimum Gasteiger partial charge on any atom is -0.481 e. The molecular weight excluding hydrogens is 332 g/mol. The van der Waals surface area contributed by atoms with Crippen molar-refractivity contribution < 1.29 is 19.4 Å². The van der Waals surface area contributed by atoms with Crippen molar-refractivity contribution in [3.05, 3.63) is 41.2 Å². The van der Waals surface area contributed by atoms with Crippen LogP contribution in [0.4, 0.5) is 4.79 Å². The average Bonchev–Trinajstić information content (AvgIpc) is 2.43. The molecule has 24 heavy (non-hydrogen) atoms. The van der Waals surface area contributed by atoms with E-state index in [9.17, 15) is 9.59 Å². The van der Waals surface area contributed by atoms with Crippen LogP contribution in [0, 0.1) is 5.92 Å². The molecule has 0 aliphatic heterocycles. The molecular formula is C17H23ClN2O4. The number of nitrogens with zero attached hydrogens (tertiary/aromatic N) is 1. The van der Waals surface area contributed by atoms with E-state index in [4.69, 9.17) is 21.4 Å². The summed E-state index contributed by atoms with van der Waals surface area (Å²) in [4.78, 5) is 27.1. The molecule has 0 aliphatic rings. The lowest BCUT2D eigenvalue weighted by Gasteiger charge is -2.22. The van der Waals surface area contributed by atoms with Gasteiger partial charge in [0.25, 0.3) is 0 Å². The lowest BCUT2D eigenvalue weighted by molar-refractivity contribution is -0.140. The third-order valence-corrected chi connectivity index (χ3v) is 3.21. The zero-order chi connectivity index (χ0) is 18.3. The van der Waals surface area contributed by atoms with Crippen molar-refractivity contribution >= 4 is 23.7 Å². The lowest BCUT2D eigenvalue weighted by Crippen LogP contribution is -2.34. The number of allylic oxidation sites excluding steroid dienone is 1. The Kier molecular flexibility index (Phi) is 7.22. The van der Waals surface area contributed by atoms with Crippen LogP contribution in [-0.4, -0.2) is 27.8 Å². The first-order valence-corrected chi connectivity index (χ1v) is 7.96. The van der Waals surface area contributed by atoms with Gasteiger partial charge in [-0.25, -0.2) is 4.79 Å². The summed E-state index contributed by atoms with van der Waals surface area (Å²) >= 11 is 5.97. The van der Waals surface area contributed by atoms with Crippen molar-refractivity contribution in [3.8, 4) is 0 Å². The molecule has 0 unspecified atom stereocenters. The summed E-state index contributed by atoms with van der Waals surface area (Å²) in [5.74, 6) is -1.40. The van der Waals surface area contributed by atoms with Gasteiger partial charge in [-0.15, -0.1) is 0 Å². The highest BCUT2D eigenvalue weighted by molar-refractivity contribution is 6.30. The Bertz CT molecular complexity index is 611. The number of hydrogen-bond acceptors (Lipinski definition) is 4. The second-order valence-corrected chi connectivity index (χ2v) is 6.86. The Morgan fingerprint density at radius 2 is 2.12 bits per heavy atom. The van der Waals surface area contributed by atoms with Gasteiger partial charge in [-0.2, -0.15) is 0 Å². The van der Waals surface area contributed by atoms with E-state index in [-0.39, 0.29) is 0 Å². The third kappa shape index (κ3) is 7.46. The molecule has 0 bridgehead atoms. The van der Waals surface area contributed by atoms with Crippen LogP contribution in [0.5, 0.6) is 0 Å². The van der Waals surface area contributed by atoms with Crippen molar-refractivity contribution in [1.29, 1.82) is 0 Å². The quantitative estimate of drug-likeness (QED) is 0.754. The summed E-state index contributed by atoms with van der Waals surface area (Å²) in [6, 6.07) is 2.69. The molecule has 6 nitrogen and oxygen atoms in total. The molecule has 0 fully saturated rings. The largest absolute Gasteiger partial charge is 0.481 e. The van der Waals surface area contributed by atoms with Crippen molar-refractivity contribution in [2.75, 3.05) is 0 Å². The van der Waals surface area contributed by atoms with Crippen molar-refractivity contribution in [2.45, 2.75) is 45.8 Å². The van der Waals surface area contributed by atoms with Crippen molar-refractivity contribution in [2.24, 2.45) is 5.92 Å². The Morgan fingerprint density at radius 3 is 2.67 bits per heavy atom. The van der Waals surface area contributed by atoms with Gasteiger partial charge < -0.3 is 15.2 Å². The first kappa shape index (κ1) is 20.0. The molecule has 1 heterocycles. The van der Waals surface area contributed by atoms with Crippen molar-refractivity contribution in [1.82, 2.24) is 10.3 Å². The number of nitrogens with one attached hydrogen (secondary N) is 1. The van der Waals surface area contributed by atoms with Crippen LogP contribution in [-0.2, 0) is 9.53 Å². The molecule has 132 valence electrons. The maximum atomic E-state index is 12.0. The highest BCUT2D eigenvalue weighted by Crippen LogP contribution is 2.18. The number of carboxylic acids is 1. The van der Waals surface area contributed by atoms with Gasteiger partial charge in [0.15, 0.2) is 0 Å². The molecule has 0 aromatic carbocycles. The summed E-state index contributed by atoms with van der Waals surface area (Å²) in [5, 5.41) is 12.1. The van der Waals surface area contributed by atoms with E-state index in [0.717, 1.165) is 0 Å². The number of ether oxygens (including phenoxy) is 1. The van der Waals surface area contributed by atoms with Crippen LogP contribution < -0.4 is 5.32 Å². The number of rotatable bonds is 6. The van der Waals surface area contributed by atoms with Gasteiger partial charge in [0.1, 0.15) is 5.60 Å². The number of aromatic nitrogens is 1. The normalized spacial score (nSPS) is 14.2. The van der Waals surface area contributed by atoms with Gasteiger partial charge in [0.2, 0.25) is 0 Å². The topological polar surface area (TPSA) is 88.5 Å². The van der Waals surface area contributed by atoms with Gasteiger partial charge in [0.05, 0.1) is 17.7 Å². The minimum atomic E-state index is -0.878. The molecule has 1 rings (SSSR count). The summed E-state index contributed by atoms with van der Waals surface area (Å²) in [6.45, 7) is 6.91. The maximum absolute atomic E-state index is 12.0. The minimum absolute atomic E-state index is 0.336. The number of halogens is 1. The third-order valence-electron chi connectivity index (χ3n) is 2.97. The van der Waals surface area contributed by atoms with Gasteiger partial charge in [-0.05, 0) is 39.3 Å². The van der Waals surface area contributed by atoms with Crippen LogP contribution in [0.2, 0.25) is 5.02 Å². The maximum Gasteiger partial charge on any atom is 0.408 e. The smallest absolute Gasteiger partial charge is 0.408 e. The number of amides is 1. The highest BCUT2D eigenvalue weighted by Gasteiger charge is 2.20. The molecule has 1 aromatic rings. The second-order valence-electron chi connectivity index (χ2n) is 6.43. The SMILES string of the molecule is C[C@H](C/C=C/[C@H](NC(=O)OC(C)(C)C)c1cc(Cl)ccn1)C(=O)O. The first-order valence-electron chi connectivity index (χ1n) is 7.59. The van der Waals surface area contributed by atoms with E-state index in [1.54, 1.807) is 52.0 Å². The molecule has 7 heteroatoms. The van der Waals surface area contributed by atoms with E-state index in [1.165, 1.54) is 6.20 Å². The van der Waals surface area contributed by atoms with Crippen LogP contribution in [0.25, 0.3) is 0 Å². The molecule has 2 atom stereocenters. The number of carbonyl (C=O) groups excluding carboxylic acids is 1. The number of carbonyl (C=O) groups is 2. The number of hydrogen-bond donors (Lipinski definition) is 2. The Hall–Kier alpha value is -2.08. The first-order chi connectivity index (χ1) is 11.1. The monoisotopic (exact) mass is 354 g/mol. The fraction of sp³-hybridized carbons (Fsp3) is 0.471. The van der Waals surface area contributed by atoms with Gasteiger partial charge in [-0.3, -0.25) is 9.78 Å². The Balaban J connectivity index is 2.89. The predicted octanol–water partition coefficient (Wildman–Crippen LogP) is 3.97. The van der Waals surface area contributed by atoms with E-state index in [2.05, 4.69) is 10.3 Å². The average molecular weight is 355 g/mol. The van der Waals surface area contributed by atoms with Crippen LogP contribution in [0.15, 0.2) is 30.5 Å². The molecule has 1 amide bonds. The van der Waals surface area contributed by atoms with Gasteiger partial charge in [-0.1, -0.05) is 30.7 Å². The predicted molar refractivity (Wildman–Crippen MR) is 91.9 cm³/mol. The van der Waals surface area contributed by atoms with E-state index in [1.807, 2.05) is 0 Å². The number of aliphatic carboxylic acids is 1. The summed E-state index contributed by atoms with van der Waals surface area (Å²) in [6.07, 6.45) is 4.66. The molecule has 1 aromatic heterocycles. The Labute approximate surface area is 146 Å². The summed E-state index contributed by atoms with van der Waals surface area (Å²) < 4.78 is 5.25. The number of alkyl carbamates (subject to hydrolysis) is 1. The number of pyridine rings is 1. The molecule has 2 N–H and O–H groups in total. The highest BCUT2D eigenvalue weighted by atomic mass is 35.5. The molecule has 0 aliphatic carbocycles. The molecule has 0 saturated carbocycles. The van der Waals surface area contributed by atoms with Gasteiger partial charge >= 0.3 is 12.1 Å². The molecule has 0 saturated heterocycles. The number of carboxylic acid groups (broad SMARTS) is 1. The van der Waals surface area contributed by atoms with Gasteiger partial charge in [0, 0.05) is 11.2 Å². The second kappa shape index (κ2) is 8.68. The van der Waals surface area contributed by atoms with E-state index in [0.29, 0.717) is 17.1 Å². The summed E-state index contributed by atoms with van der Waals surface area (Å²) in [5.41, 5.74) is -0.0922. The fourth-order valence-corrected chi connectivity index (χ4v) is 1.93.